The highest BCUT2D eigenvalue weighted by Gasteiger charge is 2.15. The minimum absolute atomic E-state index is 0.107. The number of nitrogens with zero attached hydrogens (tertiary/aromatic N) is 3. The summed E-state index contributed by atoms with van der Waals surface area (Å²) in [6.07, 6.45) is 1.69. The van der Waals surface area contributed by atoms with Crippen molar-refractivity contribution in [3.63, 3.8) is 0 Å². The molecule has 1 N–H and O–H groups in total. The maximum Gasteiger partial charge on any atom is 0.234 e. The van der Waals surface area contributed by atoms with Gasteiger partial charge in [0.25, 0.3) is 0 Å². The summed E-state index contributed by atoms with van der Waals surface area (Å²) < 4.78 is 27.9. The van der Waals surface area contributed by atoms with Gasteiger partial charge in [0.2, 0.25) is 5.91 Å². The second-order valence-electron chi connectivity index (χ2n) is 5.56. The lowest BCUT2D eigenvalue weighted by Crippen LogP contribution is -2.14. The lowest BCUT2D eigenvalue weighted by atomic mass is 10.2. The van der Waals surface area contributed by atoms with Crippen molar-refractivity contribution in [3.8, 4) is 11.4 Å². The van der Waals surface area contributed by atoms with E-state index in [2.05, 4.69) is 22.1 Å². The van der Waals surface area contributed by atoms with E-state index in [1.807, 2.05) is 0 Å². The quantitative estimate of drug-likeness (QED) is 0.490. The van der Waals surface area contributed by atoms with E-state index in [4.69, 9.17) is 0 Å². The van der Waals surface area contributed by atoms with Gasteiger partial charge in [-0.2, -0.15) is 0 Å². The van der Waals surface area contributed by atoms with Crippen molar-refractivity contribution >= 4 is 23.4 Å². The summed E-state index contributed by atoms with van der Waals surface area (Å²) in [6.45, 7) is 4.17. The number of aromatic nitrogens is 3. The van der Waals surface area contributed by atoms with E-state index < -0.39 is 0 Å². The largest absolute Gasteiger partial charge is 0.325 e. The zero-order chi connectivity index (χ0) is 19.2. The van der Waals surface area contributed by atoms with Crippen molar-refractivity contribution < 1.29 is 13.6 Å². The molecule has 1 amide bonds. The fourth-order valence-corrected chi connectivity index (χ4v) is 3.11. The molecule has 3 rings (SSSR count). The SMILES string of the molecule is C=CCn1c(SCC(=O)Nc2ccc(F)cc2)nnc1-c1ccc(F)cc1. The molecule has 2 aromatic carbocycles. The molecule has 0 aliphatic heterocycles. The van der Waals surface area contributed by atoms with Crippen LogP contribution in [0.5, 0.6) is 0 Å². The Kier molecular flexibility index (Phi) is 5.97. The molecule has 0 spiro atoms. The van der Waals surface area contributed by atoms with Gasteiger partial charge in [0.1, 0.15) is 11.6 Å². The second kappa shape index (κ2) is 8.59. The van der Waals surface area contributed by atoms with Gasteiger partial charge in [-0.1, -0.05) is 17.8 Å². The van der Waals surface area contributed by atoms with Gasteiger partial charge in [-0.05, 0) is 48.5 Å². The zero-order valence-electron chi connectivity index (χ0n) is 14.2. The van der Waals surface area contributed by atoms with Crippen molar-refractivity contribution in [1.29, 1.82) is 0 Å². The number of halogens is 2. The van der Waals surface area contributed by atoms with Crippen LogP contribution in [-0.4, -0.2) is 26.4 Å². The Morgan fingerprint density at radius 1 is 1.07 bits per heavy atom. The van der Waals surface area contributed by atoms with Crippen molar-refractivity contribution in [2.75, 3.05) is 11.1 Å². The van der Waals surface area contributed by atoms with E-state index in [9.17, 15) is 13.6 Å². The predicted octanol–water partition coefficient (Wildman–Crippen LogP) is 4.14. The fraction of sp³-hybridized carbons (Fsp3) is 0.105. The number of anilines is 1. The third-order valence-electron chi connectivity index (χ3n) is 3.59. The van der Waals surface area contributed by atoms with Crippen LogP contribution in [0.4, 0.5) is 14.5 Å². The molecule has 0 aliphatic carbocycles. The molecule has 8 heteroatoms. The molecule has 3 aromatic rings. The summed E-state index contributed by atoms with van der Waals surface area (Å²) in [5.41, 5.74) is 1.23. The molecule has 0 saturated carbocycles. The van der Waals surface area contributed by atoms with Crippen molar-refractivity contribution in [3.05, 3.63) is 72.8 Å². The Morgan fingerprint density at radius 2 is 1.70 bits per heavy atom. The first-order valence-electron chi connectivity index (χ1n) is 8.05. The molecular formula is C19H16F2N4OS. The number of hydrogen-bond acceptors (Lipinski definition) is 4. The Hall–Kier alpha value is -3.00. The summed E-state index contributed by atoms with van der Waals surface area (Å²) in [5.74, 6) is -0.274. The molecule has 0 radical (unpaired) electrons. The molecule has 27 heavy (non-hydrogen) atoms. The Balaban J connectivity index is 1.70. The first kappa shape index (κ1) is 18.8. The minimum atomic E-state index is -0.367. The number of hydrogen-bond donors (Lipinski definition) is 1. The highest BCUT2D eigenvalue weighted by atomic mass is 32.2. The lowest BCUT2D eigenvalue weighted by molar-refractivity contribution is -0.113. The molecule has 1 heterocycles. The third kappa shape index (κ3) is 4.79. The minimum Gasteiger partial charge on any atom is -0.325 e. The summed E-state index contributed by atoms with van der Waals surface area (Å²) in [6, 6.07) is 11.5. The van der Waals surface area contributed by atoms with Crippen LogP contribution in [0.15, 0.2) is 66.3 Å². The van der Waals surface area contributed by atoms with Gasteiger partial charge >= 0.3 is 0 Å². The van der Waals surface area contributed by atoms with Gasteiger partial charge in [-0.3, -0.25) is 9.36 Å². The van der Waals surface area contributed by atoms with Crippen LogP contribution in [0.2, 0.25) is 0 Å². The van der Waals surface area contributed by atoms with Crippen LogP contribution < -0.4 is 5.32 Å². The van der Waals surface area contributed by atoms with Gasteiger partial charge in [-0.15, -0.1) is 16.8 Å². The van der Waals surface area contributed by atoms with Crippen molar-refractivity contribution in [1.82, 2.24) is 14.8 Å². The highest BCUT2D eigenvalue weighted by molar-refractivity contribution is 7.99. The van der Waals surface area contributed by atoms with Crippen molar-refractivity contribution in [2.24, 2.45) is 0 Å². The van der Waals surface area contributed by atoms with E-state index in [-0.39, 0.29) is 23.3 Å². The first-order valence-corrected chi connectivity index (χ1v) is 9.03. The number of thioether (sulfide) groups is 1. The summed E-state index contributed by atoms with van der Waals surface area (Å²) in [7, 11) is 0. The Morgan fingerprint density at radius 3 is 2.33 bits per heavy atom. The first-order chi connectivity index (χ1) is 13.1. The van der Waals surface area contributed by atoms with Gasteiger partial charge < -0.3 is 5.32 Å². The fourth-order valence-electron chi connectivity index (χ4n) is 2.36. The van der Waals surface area contributed by atoms with Gasteiger partial charge in [0.05, 0.1) is 5.75 Å². The van der Waals surface area contributed by atoms with Gasteiger partial charge in [-0.25, -0.2) is 8.78 Å². The van der Waals surface area contributed by atoms with E-state index in [0.717, 1.165) is 0 Å². The predicted molar refractivity (Wildman–Crippen MR) is 101 cm³/mol. The number of carbonyl (C=O) groups is 1. The molecule has 0 saturated heterocycles. The molecule has 5 nitrogen and oxygen atoms in total. The average Bonchev–Trinajstić information content (AvgIpc) is 3.06. The lowest BCUT2D eigenvalue weighted by Gasteiger charge is -2.08. The number of benzene rings is 2. The maximum absolute atomic E-state index is 13.1. The van der Waals surface area contributed by atoms with Crippen LogP contribution >= 0.6 is 11.8 Å². The van der Waals surface area contributed by atoms with E-state index in [0.29, 0.717) is 28.8 Å². The number of amides is 1. The summed E-state index contributed by atoms with van der Waals surface area (Å²) in [4.78, 5) is 12.1. The van der Waals surface area contributed by atoms with E-state index in [1.54, 1.807) is 22.8 Å². The number of allylic oxidation sites excluding steroid dienone is 1. The molecular weight excluding hydrogens is 370 g/mol. The maximum atomic E-state index is 13.1. The van der Waals surface area contributed by atoms with Crippen LogP contribution in [0.1, 0.15) is 0 Å². The third-order valence-corrected chi connectivity index (χ3v) is 4.56. The van der Waals surface area contributed by atoms with Crippen LogP contribution in [0.3, 0.4) is 0 Å². The molecule has 138 valence electrons. The smallest absolute Gasteiger partial charge is 0.234 e. The molecule has 0 aliphatic rings. The Bertz CT molecular complexity index is 939. The normalized spacial score (nSPS) is 10.6. The number of nitrogens with one attached hydrogen (secondary N) is 1. The number of rotatable bonds is 7. The molecule has 0 atom stereocenters. The van der Waals surface area contributed by atoms with Crippen LogP contribution in [-0.2, 0) is 11.3 Å². The highest BCUT2D eigenvalue weighted by Crippen LogP contribution is 2.24. The monoisotopic (exact) mass is 386 g/mol. The zero-order valence-corrected chi connectivity index (χ0v) is 15.0. The molecule has 0 fully saturated rings. The molecule has 1 aromatic heterocycles. The Labute approximate surface area is 159 Å². The van der Waals surface area contributed by atoms with E-state index >= 15 is 0 Å². The molecule has 0 bridgehead atoms. The average molecular weight is 386 g/mol. The summed E-state index contributed by atoms with van der Waals surface area (Å²) >= 11 is 1.22. The molecule has 0 unspecified atom stereocenters. The standard InChI is InChI=1S/C19H16F2N4OS/c1-2-11-25-18(13-3-5-14(20)6-4-13)23-24-19(25)27-12-17(26)22-16-9-7-15(21)8-10-16/h2-10H,1,11-12H2,(H,22,26). The summed E-state index contributed by atoms with van der Waals surface area (Å²) in [5, 5.41) is 11.5. The second-order valence-corrected chi connectivity index (χ2v) is 6.50. The van der Waals surface area contributed by atoms with Gasteiger partial charge in [0, 0.05) is 17.8 Å². The van der Waals surface area contributed by atoms with Crippen LogP contribution in [0, 0.1) is 11.6 Å². The van der Waals surface area contributed by atoms with E-state index in [1.165, 1.54) is 48.2 Å². The van der Waals surface area contributed by atoms with Crippen LogP contribution in [0.25, 0.3) is 11.4 Å². The number of carbonyl (C=O) groups excluding carboxylic acids is 1. The topological polar surface area (TPSA) is 59.8 Å². The van der Waals surface area contributed by atoms with Crippen molar-refractivity contribution in [2.45, 2.75) is 11.7 Å². The van der Waals surface area contributed by atoms with Gasteiger partial charge in [0.15, 0.2) is 11.0 Å².